The van der Waals surface area contributed by atoms with Crippen molar-refractivity contribution >= 4 is 11.4 Å². The van der Waals surface area contributed by atoms with Crippen molar-refractivity contribution in [3.05, 3.63) is 35.4 Å². The fourth-order valence-electron chi connectivity index (χ4n) is 2.53. The van der Waals surface area contributed by atoms with Gasteiger partial charge in [0.2, 0.25) is 0 Å². The molecule has 110 valence electrons. The summed E-state index contributed by atoms with van der Waals surface area (Å²) in [7, 11) is 3.66. The summed E-state index contributed by atoms with van der Waals surface area (Å²) < 4.78 is 5.55. The maximum Gasteiger partial charge on any atom is 0.129 e. The maximum atomic E-state index is 10.1. The van der Waals surface area contributed by atoms with Crippen LogP contribution in [0.25, 0.3) is 5.76 Å². The molecule has 0 fully saturated rings. The van der Waals surface area contributed by atoms with Crippen molar-refractivity contribution < 1.29 is 14.9 Å². The molecule has 0 aromatic heterocycles. The number of rotatable bonds is 4. The first kappa shape index (κ1) is 14.9. The van der Waals surface area contributed by atoms with E-state index in [1.54, 1.807) is 21.0 Å². The molecule has 1 unspecified atom stereocenters. The molecule has 1 aromatic rings. The zero-order valence-corrected chi connectivity index (χ0v) is 12.6. The summed E-state index contributed by atoms with van der Waals surface area (Å²) in [6.45, 7) is 3.92. The van der Waals surface area contributed by atoms with Crippen molar-refractivity contribution in [2.45, 2.75) is 32.0 Å². The summed E-state index contributed by atoms with van der Waals surface area (Å²) in [6, 6.07) is 8.04. The average Bonchev–Trinajstić information content (AvgIpc) is 2.38. The standard InChI is InChI=1S/C16H23NO3/c1-16(2,19)14(18)9-11-10-17(3)13-8-6-5-7-12(13)15(11)20-4/h5-8,14,18-19H,9-10H2,1-4H3. The van der Waals surface area contributed by atoms with Crippen LogP contribution < -0.4 is 4.90 Å². The molecule has 0 bridgehead atoms. The highest BCUT2D eigenvalue weighted by Gasteiger charge is 2.30. The predicted molar refractivity (Wildman–Crippen MR) is 80.6 cm³/mol. The van der Waals surface area contributed by atoms with Crippen molar-refractivity contribution in [1.29, 1.82) is 0 Å². The third kappa shape index (κ3) is 2.81. The topological polar surface area (TPSA) is 52.9 Å². The van der Waals surface area contributed by atoms with Gasteiger partial charge in [-0.15, -0.1) is 0 Å². The average molecular weight is 277 g/mol. The summed E-state index contributed by atoms with van der Waals surface area (Å²) in [6.07, 6.45) is -0.424. The number of hydrogen-bond acceptors (Lipinski definition) is 4. The molecule has 0 spiro atoms. The molecule has 0 saturated carbocycles. The third-order valence-electron chi connectivity index (χ3n) is 3.77. The number of aliphatic hydroxyl groups excluding tert-OH is 1. The molecule has 4 heteroatoms. The van der Waals surface area contributed by atoms with Crippen molar-refractivity contribution in [1.82, 2.24) is 0 Å². The Kier molecular flexibility index (Phi) is 4.06. The van der Waals surface area contributed by atoms with E-state index in [0.717, 1.165) is 22.6 Å². The van der Waals surface area contributed by atoms with E-state index in [-0.39, 0.29) is 0 Å². The van der Waals surface area contributed by atoms with Gasteiger partial charge in [0.05, 0.1) is 18.8 Å². The molecule has 1 aliphatic heterocycles. The predicted octanol–water partition coefficient (Wildman–Crippen LogP) is 2.02. The zero-order valence-electron chi connectivity index (χ0n) is 12.6. The van der Waals surface area contributed by atoms with Gasteiger partial charge in [0.1, 0.15) is 5.76 Å². The lowest BCUT2D eigenvalue weighted by atomic mass is 9.91. The van der Waals surface area contributed by atoms with Crippen LogP contribution in [-0.2, 0) is 4.74 Å². The number of ether oxygens (including phenoxy) is 1. The molecule has 0 radical (unpaired) electrons. The number of para-hydroxylation sites is 1. The molecule has 2 N–H and O–H groups in total. The van der Waals surface area contributed by atoms with E-state index in [1.807, 2.05) is 25.2 Å². The fourth-order valence-corrected chi connectivity index (χ4v) is 2.53. The highest BCUT2D eigenvalue weighted by Crippen LogP contribution is 2.36. The Balaban J connectivity index is 2.39. The molecular formula is C16H23NO3. The van der Waals surface area contributed by atoms with Gasteiger partial charge in [-0.1, -0.05) is 12.1 Å². The number of anilines is 1. The van der Waals surface area contributed by atoms with Crippen LogP contribution in [0.1, 0.15) is 25.8 Å². The highest BCUT2D eigenvalue weighted by molar-refractivity contribution is 5.79. The normalized spacial score (nSPS) is 17.0. The van der Waals surface area contributed by atoms with Crippen LogP contribution in [0.2, 0.25) is 0 Å². The first-order valence-corrected chi connectivity index (χ1v) is 6.81. The van der Waals surface area contributed by atoms with Gasteiger partial charge in [-0.05, 0) is 31.6 Å². The van der Waals surface area contributed by atoms with E-state index in [1.165, 1.54) is 0 Å². The third-order valence-corrected chi connectivity index (χ3v) is 3.77. The minimum atomic E-state index is -1.12. The molecule has 2 rings (SSSR count). The van der Waals surface area contributed by atoms with Gasteiger partial charge in [0, 0.05) is 31.3 Å². The summed E-state index contributed by atoms with van der Waals surface area (Å²) >= 11 is 0. The second-order valence-corrected chi connectivity index (χ2v) is 5.88. The van der Waals surface area contributed by atoms with Crippen LogP contribution in [0.15, 0.2) is 29.8 Å². The number of fused-ring (bicyclic) bond motifs is 1. The number of likely N-dealkylation sites (N-methyl/N-ethyl adjacent to an activating group) is 1. The molecule has 0 amide bonds. The Bertz CT molecular complexity index is 517. The Hall–Kier alpha value is -1.52. The van der Waals surface area contributed by atoms with Gasteiger partial charge in [-0.2, -0.15) is 0 Å². The molecule has 20 heavy (non-hydrogen) atoms. The maximum absolute atomic E-state index is 10.1. The zero-order chi connectivity index (χ0) is 14.9. The molecule has 0 aliphatic carbocycles. The Morgan fingerprint density at radius 2 is 2.00 bits per heavy atom. The number of hydrogen-bond donors (Lipinski definition) is 2. The van der Waals surface area contributed by atoms with Crippen molar-refractivity contribution in [3.8, 4) is 0 Å². The van der Waals surface area contributed by atoms with E-state index in [2.05, 4.69) is 11.0 Å². The second-order valence-electron chi connectivity index (χ2n) is 5.88. The molecule has 1 heterocycles. The Labute approximate surface area is 120 Å². The summed E-state index contributed by atoms with van der Waals surface area (Å²) in [5, 5.41) is 20.0. The van der Waals surface area contributed by atoms with Crippen molar-refractivity contribution in [2.75, 3.05) is 25.6 Å². The summed E-state index contributed by atoms with van der Waals surface area (Å²) in [5.41, 5.74) is 2.03. The SMILES string of the molecule is COC1=C(CC(O)C(C)(C)O)CN(C)c2ccccc21. The number of methoxy groups -OCH3 is 1. The van der Waals surface area contributed by atoms with Crippen molar-refractivity contribution in [3.63, 3.8) is 0 Å². The molecule has 0 saturated heterocycles. The van der Waals surface area contributed by atoms with E-state index < -0.39 is 11.7 Å². The lowest BCUT2D eigenvalue weighted by molar-refractivity contribution is -0.0471. The smallest absolute Gasteiger partial charge is 0.129 e. The minimum absolute atomic E-state index is 0.394. The summed E-state index contributed by atoms with van der Waals surface area (Å²) in [5.74, 6) is 0.807. The van der Waals surface area contributed by atoms with Crippen LogP contribution >= 0.6 is 0 Å². The van der Waals surface area contributed by atoms with E-state index >= 15 is 0 Å². The highest BCUT2D eigenvalue weighted by atomic mass is 16.5. The van der Waals surface area contributed by atoms with Crippen LogP contribution in [0.5, 0.6) is 0 Å². The van der Waals surface area contributed by atoms with Gasteiger partial charge in [0.15, 0.2) is 0 Å². The van der Waals surface area contributed by atoms with Gasteiger partial charge in [-0.3, -0.25) is 0 Å². The van der Waals surface area contributed by atoms with E-state index in [9.17, 15) is 10.2 Å². The second kappa shape index (κ2) is 5.46. The Morgan fingerprint density at radius 1 is 1.35 bits per heavy atom. The van der Waals surface area contributed by atoms with Crippen molar-refractivity contribution in [2.24, 2.45) is 0 Å². The lowest BCUT2D eigenvalue weighted by Crippen LogP contribution is -2.38. The largest absolute Gasteiger partial charge is 0.496 e. The van der Waals surface area contributed by atoms with E-state index in [0.29, 0.717) is 13.0 Å². The number of aliphatic hydroxyl groups is 2. The monoisotopic (exact) mass is 277 g/mol. The van der Waals surface area contributed by atoms with Crippen LogP contribution in [0.4, 0.5) is 5.69 Å². The fraction of sp³-hybridized carbons (Fsp3) is 0.500. The minimum Gasteiger partial charge on any atom is -0.496 e. The molecule has 1 aliphatic rings. The molecule has 4 nitrogen and oxygen atoms in total. The van der Waals surface area contributed by atoms with Gasteiger partial charge in [-0.25, -0.2) is 0 Å². The quantitative estimate of drug-likeness (QED) is 0.884. The van der Waals surface area contributed by atoms with Crippen LogP contribution in [-0.4, -0.2) is 42.6 Å². The lowest BCUT2D eigenvalue weighted by Gasteiger charge is -2.33. The van der Waals surface area contributed by atoms with Gasteiger partial charge < -0.3 is 19.8 Å². The Morgan fingerprint density at radius 3 is 2.60 bits per heavy atom. The summed E-state index contributed by atoms with van der Waals surface area (Å²) in [4.78, 5) is 2.13. The van der Waals surface area contributed by atoms with Gasteiger partial charge >= 0.3 is 0 Å². The molecular weight excluding hydrogens is 254 g/mol. The van der Waals surface area contributed by atoms with Crippen LogP contribution in [0.3, 0.4) is 0 Å². The van der Waals surface area contributed by atoms with Gasteiger partial charge in [0.25, 0.3) is 0 Å². The van der Waals surface area contributed by atoms with E-state index in [4.69, 9.17) is 4.74 Å². The number of benzene rings is 1. The first-order chi connectivity index (χ1) is 9.34. The molecule has 1 aromatic carbocycles. The number of nitrogens with zero attached hydrogens (tertiary/aromatic N) is 1. The molecule has 1 atom stereocenters. The van der Waals surface area contributed by atoms with Crippen LogP contribution in [0, 0.1) is 0 Å². The first-order valence-electron chi connectivity index (χ1n) is 6.81.